The molecular weight excluding hydrogens is 385 g/mol. The van der Waals surface area contributed by atoms with Crippen molar-refractivity contribution >= 4 is 35.8 Å². The number of aryl methyl sites for hydroxylation is 1. The van der Waals surface area contributed by atoms with E-state index in [9.17, 15) is 4.79 Å². The molecule has 0 atom stereocenters. The van der Waals surface area contributed by atoms with E-state index < -0.39 is 0 Å². The Kier molecular flexibility index (Phi) is 6.93. The standard InChI is InChI=1S/C13H21N5O2.HI/c1-10-8-12(20-16-10)9-15-13(14-3)18-6-4-17(5-7-18)11(2)19;/h8H,4-7,9H2,1-3H3,(H,14,15);1H. The average molecular weight is 407 g/mol. The van der Waals surface area contributed by atoms with Crippen molar-refractivity contribution in [1.82, 2.24) is 20.3 Å². The van der Waals surface area contributed by atoms with E-state index in [4.69, 9.17) is 4.52 Å². The number of nitrogens with one attached hydrogen (secondary N) is 1. The van der Waals surface area contributed by atoms with Gasteiger partial charge in [-0.3, -0.25) is 9.79 Å². The molecule has 1 fully saturated rings. The molecule has 1 saturated heterocycles. The van der Waals surface area contributed by atoms with Gasteiger partial charge in [0.25, 0.3) is 0 Å². The molecule has 2 rings (SSSR count). The maximum atomic E-state index is 11.3. The third kappa shape index (κ3) is 4.87. The van der Waals surface area contributed by atoms with Crippen molar-refractivity contribution < 1.29 is 9.32 Å². The van der Waals surface area contributed by atoms with E-state index in [0.717, 1.165) is 43.6 Å². The number of amides is 1. The summed E-state index contributed by atoms with van der Waals surface area (Å²) in [6.07, 6.45) is 0. The minimum atomic E-state index is 0. The summed E-state index contributed by atoms with van der Waals surface area (Å²) >= 11 is 0. The summed E-state index contributed by atoms with van der Waals surface area (Å²) in [6, 6.07) is 1.90. The number of nitrogens with zero attached hydrogens (tertiary/aromatic N) is 4. The number of carbonyl (C=O) groups is 1. The zero-order valence-electron chi connectivity index (χ0n) is 12.6. The average Bonchev–Trinajstić information content (AvgIpc) is 2.86. The fourth-order valence-electron chi connectivity index (χ4n) is 2.23. The van der Waals surface area contributed by atoms with E-state index in [2.05, 4.69) is 20.4 Å². The lowest BCUT2D eigenvalue weighted by molar-refractivity contribution is -0.130. The highest BCUT2D eigenvalue weighted by molar-refractivity contribution is 14.0. The van der Waals surface area contributed by atoms with Crippen LogP contribution in [0, 0.1) is 6.92 Å². The van der Waals surface area contributed by atoms with Crippen molar-refractivity contribution in [2.45, 2.75) is 20.4 Å². The van der Waals surface area contributed by atoms with Gasteiger partial charge in [0.2, 0.25) is 5.91 Å². The Morgan fingerprint density at radius 1 is 1.38 bits per heavy atom. The highest BCUT2D eigenvalue weighted by atomic mass is 127. The van der Waals surface area contributed by atoms with Gasteiger partial charge in [-0.15, -0.1) is 24.0 Å². The summed E-state index contributed by atoms with van der Waals surface area (Å²) in [5.41, 5.74) is 0.867. The van der Waals surface area contributed by atoms with Gasteiger partial charge in [0, 0.05) is 46.2 Å². The molecule has 21 heavy (non-hydrogen) atoms. The van der Waals surface area contributed by atoms with Crippen LogP contribution in [-0.2, 0) is 11.3 Å². The van der Waals surface area contributed by atoms with Crippen molar-refractivity contribution in [1.29, 1.82) is 0 Å². The van der Waals surface area contributed by atoms with Crippen molar-refractivity contribution in [2.24, 2.45) is 4.99 Å². The molecule has 1 aliphatic rings. The van der Waals surface area contributed by atoms with Gasteiger partial charge < -0.3 is 19.6 Å². The smallest absolute Gasteiger partial charge is 0.219 e. The first-order valence-corrected chi connectivity index (χ1v) is 6.73. The highest BCUT2D eigenvalue weighted by Crippen LogP contribution is 2.04. The molecule has 8 heteroatoms. The summed E-state index contributed by atoms with van der Waals surface area (Å²) < 4.78 is 5.16. The maximum absolute atomic E-state index is 11.3. The van der Waals surface area contributed by atoms with Gasteiger partial charge in [-0.25, -0.2) is 0 Å². The zero-order valence-corrected chi connectivity index (χ0v) is 15.0. The molecule has 118 valence electrons. The second kappa shape index (κ2) is 8.20. The molecule has 0 radical (unpaired) electrons. The monoisotopic (exact) mass is 407 g/mol. The summed E-state index contributed by atoms with van der Waals surface area (Å²) in [5, 5.41) is 7.10. The predicted molar refractivity (Wildman–Crippen MR) is 90.7 cm³/mol. The number of aromatic nitrogens is 1. The number of hydrogen-bond donors (Lipinski definition) is 1. The number of guanidine groups is 1. The molecule has 0 spiro atoms. The SMILES string of the molecule is CN=C(NCc1cc(C)no1)N1CCN(C(C)=O)CC1.I. The second-order valence-electron chi connectivity index (χ2n) is 4.83. The van der Waals surface area contributed by atoms with Crippen LogP contribution in [0.1, 0.15) is 18.4 Å². The quantitative estimate of drug-likeness (QED) is 0.447. The molecule has 0 saturated carbocycles. The van der Waals surface area contributed by atoms with Gasteiger partial charge in [-0.05, 0) is 6.92 Å². The van der Waals surface area contributed by atoms with Crippen LogP contribution in [0.4, 0.5) is 0 Å². The Morgan fingerprint density at radius 2 is 2.00 bits per heavy atom. The first-order valence-electron chi connectivity index (χ1n) is 6.73. The molecule has 1 aliphatic heterocycles. The summed E-state index contributed by atoms with van der Waals surface area (Å²) in [7, 11) is 1.76. The van der Waals surface area contributed by atoms with Gasteiger partial charge in [0.1, 0.15) is 0 Å². The third-order valence-corrected chi connectivity index (χ3v) is 3.33. The minimum absolute atomic E-state index is 0. The molecule has 0 aromatic carbocycles. The van der Waals surface area contributed by atoms with Gasteiger partial charge in [-0.1, -0.05) is 5.16 Å². The van der Waals surface area contributed by atoms with Crippen molar-refractivity contribution in [2.75, 3.05) is 33.2 Å². The van der Waals surface area contributed by atoms with Gasteiger partial charge in [0.15, 0.2) is 11.7 Å². The lowest BCUT2D eigenvalue weighted by atomic mass is 10.3. The van der Waals surface area contributed by atoms with Gasteiger partial charge in [0.05, 0.1) is 12.2 Å². The Labute approximate surface area is 141 Å². The fraction of sp³-hybridized carbons (Fsp3) is 0.615. The molecule has 1 amide bonds. The molecule has 1 aromatic heterocycles. The van der Waals surface area contributed by atoms with Gasteiger partial charge >= 0.3 is 0 Å². The largest absolute Gasteiger partial charge is 0.359 e. The summed E-state index contributed by atoms with van der Waals surface area (Å²) in [5.74, 6) is 1.73. The van der Waals surface area contributed by atoms with Crippen molar-refractivity contribution in [3.8, 4) is 0 Å². The molecule has 1 N–H and O–H groups in total. The van der Waals surface area contributed by atoms with Crippen molar-refractivity contribution in [3.63, 3.8) is 0 Å². The number of hydrogen-bond acceptors (Lipinski definition) is 4. The van der Waals surface area contributed by atoms with E-state index in [0.29, 0.717) is 6.54 Å². The van der Waals surface area contributed by atoms with Crippen LogP contribution in [0.25, 0.3) is 0 Å². The highest BCUT2D eigenvalue weighted by Gasteiger charge is 2.20. The Hall–Kier alpha value is -1.32. The number of aliphatic imine (C=N–C) groups is 1. The molecule has 1 aromatic rings. The predicted octanol–water partition coefficient (Wildman–Crippen LogP) is 0.841. The number of halogens is 1. The summed E-state index contributed by atoms with van der Waals surface area (Å²) in [6.45, 7) is 7.09. The normalized spacial score (nSPS) is 15.7. The van der Waals surface area contributed by atoms with Crippen LogP contribution in [-0.4, -0.2) is 60.0 Å². The fourth-order valence-corrected chi connectivity index (χ4v) is 2.23. The molecule has 7 nitrogen and oxygen atoms in total. The van der Waals surface area contributed by atoms with Crippen LogP contribution < -0.4 is 5.32 Å². The third-order valence-electron chi connectivity index (χ3n) is 3.33. The van der Waals surface area contributed by atoms with E-state index in [1.54, 1.807) is 14.0 Å². The first-order chi connectivity index (χ1) is 9.60. The lowest BCUT2D eigenvalue weighted by Gasteiger charge is -2.35. The number of carbonyl (C=O) groups excluding carboxylic acids is 1. The molecule has 0 bridgehead atoms. The topological polar surface area (TPSA) is 74.0 Å². The van der Waals surface area contributed by atoms with Gasteiger partial charge in [-0.2, -0.15) is 0 Å². The maximum Gasteiger partial charge on any atom is 0.219 e. The van der Waals surface area contributed by atoms with Crippen LogP contribution in [0.5, 0.6) is 0 Å². The molecule has 0 unspecified atom stereocenters. The molecule has 0 aliphatic carbocycles. The molecular formula is C13H22IN5O2. The van der Waals surface area contributed by atoms with Crippen LogP contribution in [0.2, 0.25) is 0 Å². The number of rotatable bonds is 2. The van der Waals surface area contributed by atoms with Crippen molar-refractivity contribution in [3.05, 3.63) is 17.5 Å². The Bertz CT molecular complexity index is 495. The van der Waals surface area contributed by atoms with Crippen LogP contribution in [0.15, 0.2) is 15.6 Å². The molecule has 2 heterocycles. The van der Waals surface area contributed by atoms with Crippen LogP contribution in [0.3, 0.4) is 0 Å². The Morgan fingerprint density at radius 3 is 2.48 bits per heavy atom. The number of piperazine rings is 1. The van der Waals surface area contributed by atoms with Crippen LogP contribution >= 0.6 is 24.0 Å². The summed E-state index contributed by atoms with van der Waals surface area (Å²) in [4.78, 5) is 19.6. The van der Waals surface area contributed by atoms with E-state index in [1.165, 1.54) is 0 Å². The minimum Gasteiger partial charge on any atom is -0.359 e. The van der Waals surface area contributed by atoms with E-state index in [1.807, 2.05) is 17.9 Å². The Balaban J connectivity index is 0.00000220. The van der Waals surface area contributed by atoms with E-state index in [-0.39, 0.29) is 29.9 Å². The lowest BCUT2D eigenvalue weighted by Crippen LogP contribution is -2.53. The van der Waals surface area contributed by atoms with E-state index >= 15 is 0 Å². The zero-order chi connectivity index (χ0) is 14.5. The second-order valence-corrected chi connectivity index (χ2v) is 4.83. The first kappa shape index (κ1) is 17.7.